The summed E-state index contributed by atoms with van der Waals surface area (Å²) in [5.41, 5.74) is 1.33. The number of hydrogen-bond acceptors (Lipinski definition) is 8. The van der Waals surface area contributed by atoms with Crippen LogP contribution in [-0.2, 0) is 19.1 Å². The predicted octanol–water partition coefficient (Wildman–Crippen LogP) is 5.92. The van der Waals surface area contributed by atoms with Gasteiger partial charge in [0.15, 0.2) is 4.34 Å². The van der Waals surface area contributed by atoms with Crippen molar-refractivity contribution in [1.29, 1.82) is 0 Å². The van der Waals surface area contributed by atoms with E-state index in [0.29, 0.717) is 5.57 Å². The highest BCUT2D eigenvalue weighted by atomic mass is 35.6. The summed E-state index contributed by atoms with van der Waals surface area (Å²) in [5.74, 6) is -2.49. The van der Waals surface area contributed by atoms with Crippen molar-refractivity contribution in [3.8, 4) is 0 Å². The Bertz CT molecular complexity index is 1120. The summed E-state index contributed by atoms with van der Waals surface area (Å²) in [6.07, 6.45) is 1.15. The van der Waals surface area contributed by atoms with Crippen molar-refractivity contribution in [2.75, 3.05) is 12.4 Å². The van der Waals surface area contributed by atoms with Gasteiger partial charge in [-0.25, -0.2) is 9.78 Å². The summed E-state index contributed by atoms with van der Waals surface area (Å²) >= 11 is 35.4. The molecular weight excluding hydrogens is 643 g/mol. The molecule has 7 nitrogen and oxygen atoms in total. The number of carbonyl (C=O) groups is 3. The van der Waals surface area contributed by atoms with Crippen LogP contribution in [-0.4, -0.2) is 59.8 Å². The zero-order valence-corrected chi connectivity index (χ0v) is 24.5. The van der Waals surface area contributed by atoms with Gasteiger partial charge in [0, 0.05) is 12.6 Å². The fourth-order valence-corrected chi connectivity index (χ4v) is 7.18. The zero-order valence-electron chi connectivity index (χ0n) is 17.5. The Kier molecular flexibility index (Phi) is 10.1. The van der Waals surface area contributed by atoms with E-state index in [1.165, 1.54) is 37.8 Å². The number of aromatic nitrogens is 1. The maximum absolute atomic E-state index is 12.8. The standard InChI is InChI=1S/C19H15Cl6N3O4S3/c1-9(6-12(29)32-18(21,22)8-20)7-28-14(30)13(27-16(31)19(23,24)25)15(28)34-35-17-26-10-4-2-3-5-11(10)33-17/h2-6,13,15H,7-8H2,1H3,(H,27,31)/b9-6+. The number of hydrogen-bond donors (Lipinski definition) is 1. The Balaban J connectivity index is 1.72. The van der Waals surface area contributed by atoms with Crippen molar-refractivity contribution >= 4 is 131 Å². The van der Waals surface area contributed by atoms with Crippen LogP contribution < -0.4 is 5.32 Å². The van der Waals surface area contributed by atoms with E-state index < -0.39 is 37.5 Å². The lowest BCUT2D eigenvalue weighted by molar-refractivity contribution is -0.148. The van der Waals surface area contributed by atoms with Gasteiger partial charge in [0.05, 0.1) is 16.1 Å². The molecule has 3 rings (SSSR count). The van der Waals surface area contributed by atoms with Crippen LogP contribution in [0.2, 0.25) is 0 Å². The monoisotopic (exact) mass is 655 g/mol. The van der Waals surface area contributed by atoms with Gasteiger partial charge >= 0.3 is 5.97 Å². The van der Waals surface area contributed by atoms with Crippen LogP contribution in [0, 0.1) is 0 Å². The molecule has 2 atom stereocenters. The van der Waals surface area contributed by atoms with Crippen molar-refractivity contribution in [2.45, 2.75) is 31.0 Å². The minimum atomic E-state index is -2.23. The molecule has 1 N–H and O–H groups in total. The third-order valence-corrected chi connectivity index (χ3v) is 10.0. The first-order chi connectivity index (χ1) is 16.3. The van der Waals surface area contributed by atoms with Crippen LogP contribution >= 0.6 is 103 Å². The Hall–Kier alpha value is -0.300. The van der Waals surface area contributed by atoms with E-state index in [1.807, 2.05) is 24.3 Å². The number of amides is 2. The summed E-state index contributed by atoms with van der Waals surface area (Å²) in [6.45, 7) is 1.68. The molecule has 0 spiro atoms. The van der Waals surface area contributed by atoms with Gasteiger partial charge in [-0.15, -0.1) is 22.9 Å². The zero-order chi connectivity index (χ0) is 26.0. The first-order valence-electron chi connectivity index (χ1n) is 9.52. The van der Waals surface area contributed by atoms with Crippen molar-refractivity contribution in [1.82, 2.24) is 15.2 Å². The van der Waals surface area contributed by atoms with Crippen LogP contribution in [0.4, 0.5) is 0 Å². The Morgan fingerprint density at radius 2 is 1.94 bits per heavy atom. The number of esters is 1. The lowest BCUT2D eigenvalue weighted by Crippen LogP contribution is -2.70. The number of likely N-dealkylation sites (tertiary alicyclic amines) is 1. The summed E-state index contributed by atoms with van der Waals surface area (Å²) < 4.78 is 2.53. The lowest BCUT2D eigenvalue weighted by Gasteiger charge is -2.46. The van der Waals surface area contributed by atoms with Gasteiger partial charge in [-0.2, -0.15) is 0 Å². The molecule has 1 fully saturated rings. The van der Waals surface area contributed by atoms with E-state index >= 15 is 0 Å². The SMILES string of the molecule is C/C(=C\C(=O)OC(Cl)(Cl)CCl)CN1C(=O)C(NC(=O)C(Cl)(Cl)Cl)C1SSc1nc2ccccc2s1. The van der Waals surface area contributed by atoms with E-state index in [1.54, 1.807) is 6.92 Å². The van der Waals surface area contributed by atoms with Gasteiger partial charge in [-0.3, -0.25) is 9.59 Å². The Labute approximate surface area is 242 Å². The average Bonchev–Trinajstić information content (AvgIpc) is 3.18. The van der Waals surface area contributed by atoms with Gasteiger partial charge in [0.1, 0.15) is 11.4 Å². The largest absolute Gasteiger partial charge is 0.424 e. The number of carbonyl (C=O) groups excluding carboxylic acids is 3. The number of ether oxygens (including phenoxy) is 1. The fraction of sp³-hybridized carbons (Fsp3) is 0.368. The third kappa shape index (κ3) is 7.85. The van der Waals surface area contributed by atoms with Crippen LogP contribution in [0.5, 0.6) is 0 Å². The second-order valence-corrected chi connectivity index (χ2v) is 14.7. The molecule has 16 heteroatoms. The molecule has 1 aromatic carbocycles. The number of benzene rings is 1. The number of nitrogens with one attached hydrogen (secondary N) is 1. The van der Waals surface area contributed by atoms with E-state index in [2.05, 4.69) is 10.3 Å². The van der Waals surface area contributed by atoms with Gasteiger partial charge in [-0.1, -0.05) is 80.9 Å². The average molecular weight is 658 g/mol. The van der Waals surface area contributed by atoms with Gasteiger partial charge in [-0.05, 0) is 35.4 Å². The smallest absolute Gasteiger partial charge is 0.333 e. The summed E-state index contributed by atoms with van der Waals surface area (Å²) in [4.78, 5) is 43.1. The van der Waals surface area contributed by atoms with E-state index in [4.69, 9.17) is 74.3 Å². The molecule has 1 saturated heterocycles. The molecule has 190 valence electrons. The highest BCUT2D eigenvalue weighted by Gasteiger charge is 2.50. The summed E-state index contributed by atoms with van der Waals surface area (Å²) in [7, 11) is 2.65. The Morgan fingerprint density at radius 3 is 2.57 bits per heavy atom. The molecule has 2 amide bonds. The first kappa shape index (κ1) is 29.3. The third-order valence-electron chi connectivity index (χ3n) is 4.37. The number of rotatable bonds is 9. The molecule has 2 heterocycles. The summed E-state index contributed by atoms with van der Waals surface area (Å²) in [6, 6.07) is 6.72. The fourth-order valence-electron chi connectivity index (χ4n) is 2.85. The molecule has 0 saturated carbocycles. The molecule has 35 heavy (non-hydrogen) atoms. The molecular formula is C19H15Cl6N3O4S3. The maximum atomic E-state index is 12.8. The number of halogens is 6. The van der Waals surface area contributed by atoms with E-state index in [0.717, 1.165) is 20.6 Å². The highest BCUT2D eigenvalue weighted by Crippen LogP contribution is 2.44. The maximum Gasteiger partial charge on any atom is 0.333 e. The lowest BCUT2D eigenvalue weighted by atomic mass is 10.1. The number of β-lactam (4-membered cyclic amide) rings is 1. The normalized spacial score (nSPS) is 19.0. The van der Waals surface area contributed by atoms with Gasteiger partial charge < -0.3 is 15.0 Å². The number of para-hydroxylation sites is 1. The van der Waals surface area contributed by atoms with Gasteiger partial charge in [0.2, 0.25) is 5.91 Å². The summed E-state index contributed by atoms with van der Waals surface area (Å²) in [5, 5.41) is 1.92. The van der Waals surface area contributed by atoms with E-state index in [-0.39, 0.29) is 12.4 Å². The molecule has 0 radical (unpaired) electrons. The van der Waals surface area contributed by atoms with Crippen LogP contribution in [0.25, 0.3) is 10.2 Å². The highest BCUT2D eigenvalue weighted by molar-refractivity contribution is 8.77. The molecule has 2 unspecified atom stereocenters. The molecule has 1 aliphatic rings. The van der Waals surface area contributed by atoms with Crippen molar-refractivity contribution in [3.05, 3.63) is 35.9 Å². The number of alkyl halides is 6. The minimum absolute atomic E-state index is 0.0601. The number of fused-ring (bicyclic) bond motifs is 1. The molecule has 1 aromatic heterocycles. The number of nitrogens with zero attached hydrogens (tertiary/aromatic N) is 2. The second kappa shape index (κ2) is 12.0. The van der Waals surface area contributed by atoms with Crippen LogP contribution in [0.1, 0.15) is 6.92 Å². The van der Waals surface area contributed by atoms with Crippen LogP contribution in [0.15, 0.2) is 40.3 Å². The molecule has 1 aliphatic heterocycles. The Morgan fingerprint density at radius 1 is 1.26 bits per heavy atom. The first-order valence-corrected chi connectivity index (χ1v) is 15.0. The predicted molar refractivity (Wildman–Crippen MR) is 146 cm³/mol. The van der Waals surface area contributed by atoms with Gasteiger partial charge in [0.25, 0.3) is 14.2 Å². The van der Waals surface area contributed by atoms with Crippen LogP contribution in [0.3, 0.4) is 0 Å². The molecule has 2 aromatic rings. The second-order valence-electron chi connectivity index (χ2n) is 7.12. The van der Waals surface area contributed by atoms with E-state index in [9.17, 15) is 14.4 Å². The molecule has 0 bridgehead atoms. The topological polar surface area (TPSA) is 88.6 Å². The minimum Gasteiger partial charge on any atom is -0.424 e. The quantitative estimate of drug-likeness (QED) is 0.118. The number of thiazole rings is 1. The van der Waals surface area contributed by atoms with Crippen molar-refractivity contribution < 1.29 is 19.1 Å². The molecule has 0 aliphatic carbocycles. The van der Waals surface area contributed by atoms with Crippen molar-refractivity contribution in [2.24, 2.45) is 0 Å². The van der Waals surface area contributed by atoms with Crippen molar-refractivity contribution in [3.63, 3.8) is 0 Å².